The standard InChI is InChI=1S/C16H16F6S/c1-4-7-9-12(6-3)14(15(17,18)19,16(20,21)22)13(11-23)10-8-5-2/h4-11,23H,1-2H2,3H3/b9-7-,10-8-,12-6+,13-11+. The minimum Gasteiger partial charge on any atom is -0.169 e. The summed E-state index contributed by atoms with van der Waals surface area (Å²) in [5.74, 6) is 0. The van der Waals surface area contributed by atoms with E-state index in [1.54, 1.807) is 0 Å². The van der Waals surface area contributed by atoms with Gasteiger partial charge in [-0.3, -0.25) is 0 Å². The van der Waals surface area contributed by atoms with Gasteiger partial charge < -0.3 is 0 Å². The summed E-state index contributed by atoms with van der Waals surface area (Å²) in [4.78, 5) is 0. The van der Waals surface area contributed by atoms with Crippen LogP contribution in [-0.2, 0) is 0 Å². The van der Waals surface area contributed by atoms with Gasteiger partial charge in [-0.25, -0.2) is 0 Å². The average molecular weight is 354 g/mol. The summed E-state index contributed by atoms with van der Waals surface area (Å²) in [6.45, 7) is 7.60. The summed E-state index contributed by atoms with van der Waals surface area (Å²) in [6.07, 6.45) is -4.95. The molecule has 0 nitrogen and oxygen atoms in total. The van der Waals surface area contributed by atoms with E-state index >= 15 is 0 Å². The molecule has 0 aromatic rings. The van der Waals surface area contributed by atoms with Crippen molar-refractivity contribution >= 4 is 12.6 Å². The van der Waals surface area contributed by atoms with Crippen molar-refractivity contribution in [2.75, 3.05) is 0 Å². The first kappa shape index (κ1) is 21.4. The fourth-order valence-corrected chi connectivity index (χ4v) is 2.31. The van der Waals surface area contributed by atoms with Crippen LogP contribution in [0.15, 0.2) is 72.2 Å². The van der Waals surface area contributed by atoms with Gasteiger partial charge in [-0.05, 0) is 23.5 Å². The Morgan fingerprint density at radius 2 is 1.22 bits per heavy atom. The Bertz CT molecular complexity index is 494. The van der Waals surface area contributed by atoms with Crippen LogP contribution in [0.1, 0.15) is 6.92 Å². The molecule has 0 atom stereocenters. The van der Waals surface area contributed by atoms with Crippen LogP contribution in [0.25, 0.3) is 0 Å². The van der Waals surface area contributed by atoms with Crippen LogP contribution >= 0.6 is 12.6 Å². The first-order valence-corrected chi connectivity index (χ1v) is 6.79. The molecule has 0 aliphatic rings. The van der Waals surface area contributed by atoms with Gasteiger partial charge in [0.25, 0.3) is 0 Å². The quantitative estimate of drug-likeness (QED) is 0.321. The molecule has 0 aromatic carbocycles. The Morgan fingerprint density at radius 1 is 0.826 bits per heavy atom. The van der Waals surface area contributed by atoms with Gasteiger partial charge in [-0.15, -0.1) is 0 Å². The lowest BCUT2D eigenvalue weighted by Gasteiger charge is -2.39. The van der Waals surface area contributed by atoms with Crippen LogP contribution in [-0.4, -0.2) is 12.4 Å². The van der Waals surface area contributed by atoms with Gasteiger partial charge in [0.05, 0.1) is 0 Å². The van der Waals surface area contributed by atoms with E-state index in [2.05, 4.69) is 25.8 Å². The lowest BCUT2D eigenvalue weighted by Crippen LogP contribution is -2.52. The van der Waals surface area contributed by atoms with Gasteiger partial charge in [0.15, 0.2) is 0 Å². The van der Waals surface area contributed by atoms with Crippen molar-refractivity contribution in [3.05, 3.63) is 72.2 Å². The highest BCUT2D eigenvalue weighted by Gasteiger charge is 2.73. The molecule has 0 radical (unpaired) electrons. The summed E-state index contributed by atoms with van der Waals surface area (Å²) < 4.78 is 81.9. The number of halogens is 6. The van der Waals surface area contributed by atoms with E-state index in [-0.39, 0.29) is 0 Å². The van der Waals surface area contributed by atoms with Crippen LogP contribution < -0.4 is 0 Å². The molecule has 0 saturated heterocycles. The van der Waals surface area contributed by atoms with E-state index in [1.807, 2.05) is 0 Å². The maximum Gasteiger partial charge on any atom is 0.411 e. The highest BCUT2D eigenvalue weighted by atomic mass is 32.1. The molecule has 0 heterocycles. The van der Waals surface area contributed by atoms with Gasteiger partial charge in [0.1, 0.15) is 0 Å². The van der Waals surface area contributed by atoms with E-state index < -0.39 is 28.9 Å². The predicted molar refractivity (Wildman–Crippen MR) is 84.0 cm³/mol. The number of hydrogen-bond donors (Lipinski definition) is 1. The third-order valence-electron chi connectivity index (χ3n) is 2.99. The van der Waals surface area contributed by atoms with E-state index in [1.165, 1.54) is 0 Å². The predicted octanol–water partition coefficient (Wildman–Crippen LogP) is 6.34. The Kier molecular flexibility index (Phi) is 7.70. The number of hydrogen-bond acceptors (Lipinski definition) is 1. The first-order chi connectivity index (χ1) is 10.5. The van der Waals surface area contributed by atoms with Gasteiger partial charge >= 0.3 is 12.4 Å². The van der Waals surface area contributed by atoms with Crippen LogP contribution in [0.5, 0.6) is 0 Å². The molecule has 0 amide bonds. The van der Waals surface area contributed by atoms with E-state index in [0.29, 0.717) is 11.5 Å². The highest BCUT2D eigenvalue weighted by molar-refractivity contribution is 7.83. The number of rotatable bonds is 6. The van der Waals surface area contributed by atoms with Gasteiger partial charge in [-0.1, -0.05) is 55.7 Å². The summed E-state index contributed by atoms with van der Waals surface area (Å²) in [5.41, 5.74) is -6.26. The Labute approximate surface area is 136 Å². The third-order valence-corrected chi connectivity index (χ3v) is 3.27. The lowest BCUT2D eigenvalue weighted by atomic mass is 9.72. The molecule has 0 N–H and O–H groups in total. The smallest absolute Gasteiger partial charge is 0.169 e. The summed E-state index contributed by atoms with van der Waals surface area (Å²) in [5, 5.41) is 0.492. The number of alkyl halides is 6. The highest BCUT2D eigenvalue weighted by Crippen LogP contribution is 2.60. The molecular formula is C16H16F6S. The topological polar surface area (TPSA) is 0 Å². The molecule has 0 fully saturated rings. The molecular weight excluding hydrogens is 338 g/mol. The second-order valence-electron chi connectivity index (χ2n) is 4.26. The van der Waals surface area contributed by atoms with Crippen molar-refractivity contribution in [1.82, 2.24) is 0 Å². The molecule has 0 spiro atoms. The first-order valence-electron chi connectivity index (χ1n) is 6.27. The molecule has 0 saturated carbocycles. The van der Waals surface area contributed by atoms with Crippen LogP contribution in [0.3, 0.4) is 0 Å². The molecule has 0 rings (SSSR count). The van der Waals surface area contributed by atoms with Crippen molar-refractivity contribution in [3.8, 4) is 0 Å². The van der Waals surface area contributed by atoms with Gasteiger partial charge in [0.2, 0.25) is 5.41 Å². The maximum atomic E-state index is 13.6. The zero-order valence-corrected chi connectivity index (χ0v) is 13.1. The van der Waals surface area contributed by atoms with Crippen molar-refractivity contribution in [2.45, 2.75) is 19.3 Å². The zero-order valence-electron chi connectivity index (χ0n) is 12.2. The van der Waals surface area contributed by atoms with E-state index in [9.17, 15) is 26.3 Å². The van der Waals surface area contributed by atoms with Gasteiger partial charge in [0, 0.05) is 0 Å². The molecule has 0 aliphatic carbocycles. The normalized spacial score (nSPS) is 15.5. The second kappa shape index (κ2) is 8.29. The molecule has 7 heteroatoms. The minimum atomic E-state index is -5.64. The Balaban J connectivity index is 6.92. The third kappa shape index (κ3) is 4.22. The van der Waals surface area contributed by atoms with E-state index in [4.69, 9.17) is 0 Å². The SMILES string of the molecule is C=C/C=C\C(=C/C)C(C(/C=C\C=C)=C/S)(C(F)(F)F)C(F)(F)F. The largest absolute Gasteiger partial charge is 0.411 e. The minimum absolute atomic E-state index is 0.492. The summed E-state index contributed by atoms with van der Waals surface area (Å²) >= 11 is 3.55. The zero-order chi connectivity index (χ0) is 18.3. The molecule has 23 heavy (non-hydrogen) atoms. The van der Waals surface area contributed by atoms with Gasteiger partial charge in [-0.2, -0.15) is 39.0 Å². The van der Waals surface area contributed by atoms with Crippen LogP contribution in [0.2, 0.25) is 0 Å². The maximum absolute atomic E-state index is 13.6. The molecule has 0 aromatic heterocycles. The number of allylic oxidation sites excluding steroid dienone is 9. The Morgan fingerprint density at radius 3 is 1.48 bits per heavy atom. The van der Waals surface area contributed by atoms with Crippen molar-refractivity contribution < 1.29 is 26.3 Å². The van der Waals surface area contributed by atoms with E-state index in [0.717, 1.165) is 43.4 Å². The fourth-order valence-electron chi connectivity index (χ4n) is 2.03. The molecule has 0 aliphatic heterocycles. The molecule has 0 unspecified atom stereocenters. The van der Waals surface area contributed by atoms with Crippen molar-refractivity contribution in [3.63, 3.8) is 0 Å². The number of thiol groups is 1. The Hall–Kier alpha value is -1.63. The molecule has 0 bridgehead atoms. The fraction of sp³-hybridized carbons (Fsp3) is 0.250. The summed E-state index contributed by atoms with van der Waals surface area (Å²) in [7, 11) is 0. The second-order valence-corrected chi connectivity index (χ2v) is 4.52. The molecule has 128 valence electrons. The van der Waals surface area contributed by atoms with Crippen LogP contribution in [0, 0.1) is 5.41 Å². The summed E-state index contributed by atoms with van der Waals surface area (Å²) in [6, 6.07) is 0. The van der Waals surface area contributed by atoms with Crippen molar-refractivity contribution in [2.24, 2.45) is 5.41 Å². The van der Waals surface area contributed by atoms with Crippen LogP contribution in [0.4, 0.5) is 26.3 Å². The van der Waals surface area contributed by atoms with Crippen molar-refractivity contribution in [1.29, 1.82) is 0 Å². The average Bonchev–Trinajstić information content (AvgIpc) is 2.43. The lowest BCUT2D eigenvalue weighted by molar-refractivity contribution is -0.308. The monoisotopic (exact) mass is 354 g/mol.